The summed E-state index contributed by atoms with van der Waals surface area (Å²) in [4.78, 5) is 16.8. The van der Waals surface area contributed by atoms with Crippen LogP contribution in [0.1, 0.15) is 23.6 Å². The van der Waals surface area contributed by atoms with E-state index in [0.29, 0.717) is 5.52 Å². The van der Waals surface area contributed by atoms with E-state index in [9.17, 15) is 22.4 Å². The Labute approximate surface area is 161 Å². The van der Waals surface area contributed by atoms with Gasteiger partial charge in [-0.3, -0.25) is 4.79 Å². The summed E-state index contributed by atoms with van der Waals surface area (Å²) < 4.78 is 52.9. The summed E-state index contributed by atoms with van der Waals surface area (Å²) >= 11 is 0. The Morgan fingerprint density at radius 3 is 2.79 bits per heavy atom. The number of nitrogens with one attached hydrogen (secondary N) is 2. The van der Waals surface area contributed by atoms with Crippen LogP contribution in [0.5, 0.6) is 0 Å². The minimum Gasteiger partial charge on any atom is -0.361 e. The number of nitrogens with zero attached hydrogens (tertiary/aromatic N) is 4. The van der Waals surface area contributed by atoms with E-state index in [0.717, 1.165) is 15.5 Å². The fourth-order valence-electron chi connectivity index (χ4n) is 3.47. The number of aromatic amines is 1. The highest BCUT2D eigenvalue weighted by Crippen LogP contribution is 2.29. The number of carbonyl (C=O) groups excluding carboxylic acids is 1. The number of fused-ring (bicyclic) bond motifs is 2. The van der Waals surface area contributed by atoms with Crippen molar-refractivity contribution in [2.24, 2.45) is 0 Å². The Balaban J connectivity index is 1.40. The zero-order chi connectivity index (χ0) is 20.8. The summed E-state index contributed by atoms with van der Waals surface area (Å²) in [6.45, 7) is -0.0432. The van der Waals surface area contributed by atoms with Crippen molar-refractivity contribution in [1.82, 2.24) is 24.6 Å². The van der Waals surface area contributed by atoms with Crippen molar-refractivity contribution in [3.8, 4) is 0 Å². The van der Waals surface area contributed by atoms with Gasteiger partial charge in [-0.15, -0.1) is 10.2 Å². The Morgan fingerprint density at radius 2 is 2.03 bits per heavy atom. The molecule has 0 atom stereocenters. The lowest BCUT2D eigenvalue weighted by Gasteiger charge is -2.28. The van der Waals surface area contributed by atoms with E-state index in [1.54, 1.807) is 12.3 Å². The van der Waals surface area contributed by atoms with E-state index in [1.165, 1.54) is 17.0 Å². The first-order valence-corrected chi connectivity index (χ1v) is 8.81. The van der Waals surface area contributed by atoms with Gasteiger partial charge >= 0.3 is 6.18 Å². The molecule has 29 heavy (non-hydrogen) atoms. The van der Waals surface area contributed by atoms with Crippen LogP contribution in [-0.4, -0.2) is 42.8 Å². The quantitative estimate of drug-likeness (QED) is 0.514. The standard InChI is InChI=1S/C18H16F4N6O/c19-11-1-2-13-10(8-24-14(13)6-11)5-12(23)7-16(29)27-3-4-28-15(9-27)25-26-17(28)18(20,21)22/h1-2,6,8,23-24H,3-5,7,9H2. The van der Waals surface area contributed by atoms with Gasteiger partial charge in [0.2, 0.25) is 11.7 Å². The molecule has 1 amide bonds. The Hall–Kier alpha value is -3.24. The molecule has 0 aliphatic carbocycles. The van der Waals surface area contributed by atoms with E-state index >= 15 is 0 Å². The van der Waals surface area contributed by atoms with Crippen molar-refractivity contribution in [2.75, 3.05) is 6.54 Å². The fourth-order valence-corrected chi connectivity index (χ4v) is 3.47. The summed E-state index contributed by atoms with van der Waals surface area (Å²) in [5.41, 5.74) is 1.53. The minimum absolute atomic E-state index is 0.0513. The highest BCUT2D eigenvalue weighted by molar-refractivity contribution is 6.01. The maximum atomic E-state index is 13.3. The monoisotopic (exact) mass is 408 g/mol. The van der Waals surface area contributed by atoms with Crippen LogP contribution in [0.15, 0.2) is 24.4 Å². The van der Waals surface area contributed by atoms with Gasteiger partial charge in [0.15, 0.2) is 5.82 Å². The van der Waals surface area contributed by atoms with E-state index in [1.807, 2.05) is 0 Å². The van der Waals surface area contributed by atoms with E-state index in [2.05, 4.69) is 15.2 Å². The van der Waals surface area contributed by atoms with E-state index in [4.69, 9.17) is 5.41 Å². The molecule has 0 saturated carbocycles. The molecule has 3 heterocycles. The van der Waals surface area contributed by atoms with Crippen molar-refractivity contribution in [2.45, 2.75) is 32.1 Å². The largest absolute Gasteiger partial charge is 0.451 e. The zero-order valence-corrected chi connectivity index (χ0v) is 15.1. The molecule has 0 unspecified atom stereocenters. The zero-order valence-electron chi connectivity index (χ0n) is 15.1. The second kappa shape index (κ2) is 6.98. The third-order valence-corrected chi connectivity index (χ3v) is 4.86. The lowest BCUT2D eigenvalue weighted by molar-refractivity contribution is -0.148. The van der Waals surface area contributed by atoms with Gasteiger partial charge in [0.1, 0.15) is 5.82 Å². The van der Waals surface area contributed by atoms with Gasteiger partial charge in [-0.1, -0.05) is 0 Å². The molecule has 2 N–H and O–H groups in total. The molecular formula is C18H16F4N6O. The molecule has 3 aromatic rings. The van der Waals surface area contributed by atoms with Crippen molar-refractivity contribution >= 4 is 22.5 Å². The fraction of sp³-hybridized carbons (Fsp3) is 0.333. The number of carbonyl (C=O) groups is 1. The Bertz CT molecular complexity index is 1100. The van der Waals surface area contributed by atoms with Crippen molar-refractivity contribution in [3.63, 3.8) is 0 Å². The maximum absolute atomic E-state index is 13.3. The Morgan fingerprint density at radius 1 is 1.24 bits per heavy atom. The molecule has 0 bridgehead atoms. The number of rotatable bonds is 4. The summed E-state index contributed by atoms with van der Waals surface area (Å²) in [6, 6.07) is 4.29. The normalized spacial score (nSPS) is 14.3. The number of halogens is 4. The van der Waals surface area contributed by atoms with Crippen LogP contribution < -0.4 is 0 Å². The Kier molecular flexibility index (Phi) is 4.59. The third-order valence-electron chi connectivity index (χ3n) is 4.86. The van der Waals surface area contributed by atoms with E-state index < -0.39 is 12.0 Å². The second-order valence-electron chi connectivity index (χ2n) is 6.87. The number of hydrogen-bond acceptors (Lipinski definition) is 4. The van der Waals surface area contributed by atoms with Crippen LogP contribution in [-0.2, 0) is 30.5 Å². The molecule has 4 rings (SSSR count). The highest BCUT2D eigenvalue weighted by atomic mass is 19.4. The molecule has 1 aromatic carbocycles. The number of aromatic nitrogens is 4. The molecule has 2 aromatic heterocycles. The number of benzene rings is 1. The first kappa shape index (κ1) is 19.1. The first-order chi connectivity index (χ1) is 13.7. The van der Waals surface area contributed by atoms with Crippen LogP contribution in [0.4, 0.5) is 17.6 Å². The topological polar surface area (TPSA) is 90.7 Å². The van der Waals surface area contributed by atoms with Gasteiger partial charge < -0.3 is 19.9 Å². The number of H-pyrrole nitrogens is 1. The van der Waals surface area contributed by atoms with Gasteiger partial charge in [-0.2, -0.15) is 13.2 Å². The summed E-state index contributed by atoms with van der Waals surface area (Å²) in [7, 11) is 0. The maximum Gasteiger partial charge on any atom is 0.451 e. The van der Waals surface area contributed by atoms with Crippen LogP contribution in [0.2, 0.25) is 0 Å². The lowest BCUT2D eigenvalue weighted by Crippen LogP contribution is -2.40. The summed E-state index contributed by atoms with van der Waals surface area (Å²) in [6.07, 6.45) is -2.87. The third kappa shape index (κ3) is 3.71. The van der Waals surface area contributed by atoms with Crippen LogP contribution in [0.3, 0.4) is 0 Å². The van der Waals surface area contributed by atoms with Gasteiger partial charge in [0, 0.05) is 42.3 Å². The number of amides is 1. The smallest absolute Gasteiger partial charge is 0.361 e. The molecule has 0 saturated heterocycles. The summed E-state index contributed by atoms with van der Waals surface area (Å²) in [5.74, 6) is -1.73. The van der Waals surface area contributed by atoms with Crippen LogP contribution in [0, 0.1) is 11.2 Å². The molecule has 0 radical (unpaired) electrons. The van der Waals surface area contributed by atoms with Gasteiger partial charge in [0.05, 0.1) is 13.0 Å². The molecule has 0 spiro atoms. The average molecular weight is 408 g/mol. The highest BCUT2D eigenvalue weighted by Gasteiger charge is 2.39. The van der Waals surface area contributed by atoms with Crippen molar-refractivity contribution in [1.29, 1.82) is 5.41 Å². The number of hydrogen-bond donors (Lipinski definition) is 2. The van der Waals surface area contributed by atoms with Crippen molar-refractivity contribution < 1.29 is 22.4 Å². The van der Waals surface area contributed by atoms with Crippen LogP contribution in [0.25, 0.3) is 10.9 Å². The number of alkyl halides is 3. The molecule has 1 aliphatic rings. The van der Waals surface area contributed by atoms with E-state index in [-0.39, 0.29) is 55.7 Å². The molecule has 0 fully saturated rings. The average Bonchev–Trinajstić information content (AvgIpc) is 3.24. The molecular weight excluding hydrogens is 392 g/mol. The molecule has 7 nitrogen and oxygen atoms in total. The minimum atomic E-state index is -4.60. The second-order valence-corrected chi connectivity index (χ2v) is 6.87. The predicted octanol–water partition coefficient (Wildman–Crippen LogP) is 2.91. The van der Waals surface area contributed by atoms with Gasteiger partial charge in [0.25, 0.3) is 0 Å². The van der Waals surface area contributed by atoms with Gasteiger partial charge in [-0.25, -0.2) is 4.39 Å². The molecule has 1 aliphatic heterocycles. The lowest BCUT2D eigenvalue weighted by atomic mass is 10.0. The van der Waals surface area contributed by atoms with Crippen LogP contribution >= 0.6 is 0 Å². The summed E-state index contributed by atoms with van der Waals surface area (Å²) in [5, 5.41) is 15.7. The predicted molar refractivity (Wildman–Crippen MR) is 94.7 cm³/mol. The van der Waals surface area contributed by atoms with Gasteiger partial charge in [-0.05, 0) is 23.8 Å². The SMILES string of the molecule is N=C(CC(=O)N1CCn2c(nnc2C(F)(F)F)C1)Cc1c[nH]c2cc(F)ccc12. The van der Waals surface area contributed by atoms with Crippen molar-refractivity contribution in [3.05, 3.63) is 47.4 Å². The first-order valence-electron chi connectivity index (χ1n) is 8.81. The molecule has 152 valence electrons. The molecule has 11 heteroatoms.